The van der Waals surface area contributed by atoms with Crippen LogP contribution in [0.25, 0.3) is 0 Å². The summed E-state index contributed by atoms with van der Waals surface area (Å²) in [5.41, 5.74) is 1.14. The molecule has 2 aliphatic rings. The van der Waals surface area contributed by atoms with Gasteiger partial charge in [0.1, 0.15) is 0 Å². The average Bonchev–Trinajstić information content (AvgIpc) is 2.92. The van der Waals surface area contributed by atoms with E-state index >= 15 is 0 Å². The number of amides is 1. The fraction of sp³-hybridized carbons (Fsp3) is 0.588. The zero-order valence-electron chi connectivity index (χ0n) is 12.4. The van der Waals surface area contributed by atoms with Gasteiger partial charge in [0.05, 0.1) is 12.1 Å². The Kier molecular flexibility index (Phi) is 4.65. The van der Waals surface area contributed by atoms with E-state index in [4.69, 9.17) is 0 Å². The summed E-state index contributed by atoms with van der Waals surface area (Å²) in [6.45, 7) is 2.04. The van der Waals surface area contributed by atoms with Crippen LogP contribution in [0, 0.1) is 5.92 Å². The number of nitrogens with one attached hydrogen (secondary N) is 2. The third-order valence-electron chi connectivity index (χ3n) is 4.91. The standard InChI is InChI=1S/C17H23BrN2O/c1-11(12-6-8-14(18)9-7-12)19-17(21)16-10-13-4-2-3-5-15(13)20-16/h6-9,11,13,15-16,20H,2-5,10H2,1H3,(H,19,21)/t11-,13?,15?,16?/m1/s1. The number of carbonyl (C=O) groups excluding carboxylic acids is 1. The van der Waals surface area contributed by atoms with Crippen LogP contribution in [0.4, 0.5) is 0 Å². The van der Waals surface area contributed by atoms with Gasteiger partial charge in [-0.05, 0) is 49.8 Å². The second kappa shape index (κ2) is 6.49. The van der Waals surface area contributed by atoms with E-state index < -0.39 is 0 Å². The molecule has 0 bridgehead atoms. The van der Waals surface area contributed by atoms with Gasteiger partial charge in [0.2, 0.25) is 5.91 Å². The number of fused-ring (bicyclic) bond motifs is 1. The average molecular weight is 351 g/mol. The first-order chi connectivity index (χ1) is 10.1. The molecule has 1 saturated carbocycles. The van der Waals surface area contributed by atoms with Crippen LogP contribution < -0.4 is 10.6 Å². The topological polar surface area (TPSA) is 41.1 Å². The molecule has 114 valence electrons. The number of hydrogen-bond donors (Lipinski definition) is 2. The van der Waals surface area contributed by atoms with Crippen LogP contribution in [-0.4, -0.2) is 18.0 Å². The Hall–Kier alpha value is -0.870. The highest BCUT2D eigenvalue weighted by Crippen LogP contribution is 2.33. The molecule has 4 heteroatoms. The summed E-state index contributed by atoms with van der Waals surface area (Å²) in [6.07, 6.45) is 6.15. The summed E-state index contributed by atoms with van der Waals surface area (Å²) in [6, 6.07) is 8.75. The van der Waals surface area contributed by atoms with Crippen molar-refractivity contribution >= 4 is 21.8 Å². The Morgan fingerprint density at radius 1 is 1.29 bits per heavy atom. The van der Waals surface area contributed by atoms with Crippen molar-refractivity contribution in [1.29, 1.82) is 0 Å². The molecule has 0 aromatic heterocycles. The minimum Gasteiger partial charge on any atom is -0.348 e. The van der Waals surface area contributed by atoms with Gasteiger partial charge in [-0.25, -0.2) is 0 Å². The molecule has 0 radical (unpaired) electrons. The zero-order chi connectivity index (χ0) is 14.8. The van der Waals surface area contributed by atoms with Crippen LogP contribution in [-0.2, 0) is 4.79 Å². The van der Waals surface area contributed by atoms with Crippen molar-refractivity contribution in [3.8, 4) is 0 Å². The number of rotatable bonds is 3. The van der Waals surface area contributed by atoms with Crippen molar-refractivity contribution in [1.82, 2.24) is 10.6 Å². The first-order valence-corrected chi connectivity index (χ1v) is 8.74. The fourth-order valence-electron chi connectivity index (χ4n) is 3.67. The second-order valence-corrected chi connectivity index (χ2v) is 7.30. The highest BCUT2D eigenvalue weighted by atomic mass is 79.9. The first kappa shape index (κ1) is 15.0. The molecule has 1 aromatic rings. The third kappa shape index (κ3) is 3.49. The van der Waals surface area contributed by atoms with Gasteiger partial charge in [-0.1, -0.05) is 40.9 Å². The van der Waals surface area contributed by atoms with Gasteiger partial charge in [0, 0.05) is 10.5 Å². The molecule has 2 N–H and O–H groups in total. The lowest BCUT2D eigenvalue weighted by atomic mass is 9.85. The van der Waals surface area contributed by atoms with E-state index in [1.165, 1.54) is 25.7 Å². The smallest absolute Gasteiger partial charge is 0.237 e. The van der Waals surface area contributed by atoms with Crippen molar-refractivity contribution in [3.63, 3.8) is 0 Å². The lowest BCUT2D eigenvalue weighted by Gasteiger charge is -2.24. The molecule has 1 aliphatic heterocycles. The molecule has 1 saturated heterocycles. The highest BCUT2D eigenvalue weighted by molar-refractivity contribution is 9.10. The molecule has 1 amide bonds. The monoisotopic (exact) mass is 350 g/mol. The molecular weight excluding hydrogens is 328 g/mol. The van der Waals surface area contributed by atoms with E-state index in [0.29, 0.717) is 12.0 Å². The van der Waals surface area contributed by atoms with Gasteiger partial charge < -0.3 is 10.6 Å². The van der Waals surface area contributed by atoms with Crippen molar-refractivity contribution in [3.05, 3.63) is 34.3 Å². The van der Waals surface area contributed by atoms with Gasteiger partial charge in [0.15, 0.2) is 0 Å². The normalized spacial score (nSPS) is 29.7. The van der Waals surface area contributed by atoms with Crippen molar-refractivity contribution in [2.45, 2.75) is 57.2 Å². The summed E-state index contributed by atoms with van der Waals surface area (Å²) in [5.74, 6) is 0.859. The summed E-state index contributed by atoms with van der Waals surface area (Å²) in [7, 11) is 0. The molecule has 1 aromatic carbocycles. The van der Waals surface area contributed by atoms with E-state index in [9.17, 15) is 4.79 Å². The Morgan fingerprint density at radius 3 is 2.71 bits per heavy atom. The van der Waals surface area contributed by atoms with Crippen LogP contribution in [0.3, 0.4) is 0 Å². The van der Waals surface area contributed by atoms with E-state index in [2.05, 4.69) is 38.7 Å². The minimum atomic E-state index is -0.00371. The lowest BCUT2D eigenvalue weighted by Crippen LogP contribution is -2.43. The van der Waals surface area contributed by atoms with E-state index in [1.54, 1.807) is 0 Å². The third-order valence-corrected chi connectivity index (χ3v) is 5.44. The second-order valence-electron chi connectivity index (χ2n) is 6.39. The molecule has 3 rings (SSSR count). The Morgan fingerprint density at radius 2 is 2.00 bits per heavy atom. The zero-order valence-corrected chi connectivity index (χ0v) is 14.0. The largest absolute Gasteiger partial charge is 0.348 e. The maximum absolute atomic E-state index is 12.5. The number of halogens is 1. The molecule has 3 nitrogen and oxygen atoms in total. The van der Waals surface area contributed by atoms with E-state index in [1.807, 2.05) is 19.1 Å². The number of carbonyl (C=O) groups is 1. The maximum atomic E-state index is 12.5. The van der Waals surface area contributed by atoms with Crippen LogP contribution >= 0.6 is 15.9 Å². The van der Waals surface area contributed by atoms with Crippen LogP contribution in [0.5, 0.6) is 0 Å². The Labute approximate surface area is 135 Å². The van der Waals surface area contributed by atoms with E-state index in [-0.39, 0.29) is 18.0 Å². The van der Waals surface area contributed by atoms with Gasteiger partial charge >= 0.3 is 0 Å². The molecule has 0 spiro atoms. The van der Waals surface area contributed by atoms with Crippen LogP contribution in [0.15, 0.2) is 28.7 Å². The molecule has 2 fully saturated rings. The lowest BCUT2D eigenvalue weighted by molar-refractivity contribution is -0.123. The van der Waals surface area contributed by atoms with Gasteiger partial charge in [-0.3, -0.25) is 4.79 Å². The molecule has 4 atom stereocenters. The van der Waals surface area contributed by atoms with Gasteiger partial charge in [-0.2, -0.15) is 0 Å². The van der Waals surface area contributed by atoms with E-state index in [0.717, 1.165) is 16.5 Å². The number of benzene rings is 1. The highest BCUT2D eigenvalue weighted by Gasteiger charge is 2.38. The quantitative estimate of drug-likeness (QED) is 0.875. The van der Waals surface area contributed by atoms with Crippen LogP contribution in [0.2, 0.25) is 0 Å². The first-order valence-electron chi connectivity index (χ1n) is 7.95. The van der Waals surface area contributed by atoms with Gasteiger partial charge in [0.25, 0.3) is 0 Å². The summed E-state index contributed by atoms with van der Waals surface area (Å²) in [4.78, 5) is 12.5. The molecule has 1 aliphatic carbocycles. The Balaban J connectivity index is 1.57. The minimum absolute atomic E-state index is 0.00371. The van der Waals surface area contributed by atoms with Crippen molar-refractivity contribution in [2.75, 3.05) is 0 Å². The summed E-state index contributed by atoms with van der Waals surface area (Å²) in [5, 5.41) is 6.69. The summed E-state index contributed by atoms with van der Waals surface area (Å²) < 4.78 is 1.06. The van der Waals surface area contributed by atoms with Crippen LogP contribution in [0.1, 0.15) is 50.6 Å². The molecule has 3 unspecified atom stereocenters. The SMILES string of the molecule is C[C@@H](NC(=O)C1CC2CCCCC2N1)c1ccc(Br)cc1. The van der Waals surface area contributed by atoms with Gasteiger partial charge in [-0.15, -0.1) is 0 Å². The molecular formula is C17H23BrN2O. The predicted molar refractivity (Wildman–Crippen MR) is 88.0 cm³/mol. The van der Waals surface area contributed by atoms with Crippen molar-refractivity contribution < 1.29 is 4.79 Å². The summed E-state index contributed by atoms with van der Waals surface area (Å²) >= 11 is 3.44. The maximum Gasteiger partial charge on any atom is 0.237 e. The molecule has 21 heavy (non-hydrogen) atoms. The number of hydrogen-bond acceptors (Lipinski definition) is 2. The Bertz CT molecular complexity index is 488. The fourth-order valence-corrected chi connectivity index (χ4v) is 3.93. The predicted octanol–water partition coefficient (Wildman–Crippen LogP) is 3.55. The van der Waals surface area contributed by atoms with Crippen molar-refractivity contribution in [2.24, 2.45) is 5.92 Å². The molecule has 1 heterocycles.